The van der Waals surface area contributed by atoms with Crippen LogP contribution < -0.4 is 10.2 Å². The molecule has 1 N–H and O–H groups in total. The van der Waals surface area contributed by atoms with Crippen molar-refractivity contribution in [3.8, 4) is 0 Å². The zero-order valence-corrected chi connectivity index (χ0v) is 20.6. The number of nitrogens with zero attached hydrogens (tertiary/aromatic N) is 4. The average Bonchev–Trinajstić information content (AvgIpc) is 3.06. The molecule has 2 aromatic heterocycles. The van der Waals surface area contributed by atoms with Crippen LogP contribution in [0.5, 0.6) is 0 Å². The van der Waals surface area contributed by atoms with Crippen LogP contribution in [0, 0.1) is 13.8 Å². The maximum absolute atomic E-state index is 13.5. The highest BCUT2D eigenvalue weighted by Gasteiger charge is 2.39. The fourth-order valence-corrected chi connectivity index (χ4v) is 4.89. The number of piperazine rings is 1. The van der Waals surface area contributed by atoms with Crippen molar-refractivity contribution < 1.29 is 14.3 Å². The predicted octanol–water partition coefficient (Wildman–Crippen LogP) is 3.32. The Hall–Kier alpha value is -3.16. The summed E-state index contributed by atoms with van der Waals surface area (Å²) in [5.41, 5.74) is 3.91. The molecule has 2 aromatic rings. The Kier molecular flexibility index (Phi) is 5.58. The molecule has 4 heterocycles. The largest absolute Gasteiger partial charge is 0.465 e. The maximum atomic E-state index is 13.5. The molecular weight excluding hydrogens is 418 g/mol. The Bertz CT molecular complexity index is 1100. The van der Waals surface area contributed by atoms with E-state index in [1.807, 2.05) is 36.9 Å². The summed E-state index contributed by atoms with van der Waals surface area (Å²) in [6, 6.07) is 5.70. The van der Waals surface area contributed by atoms with E-state index in [1.54, 1.807) is 0 Å². The second kappa shape index (κ2) is 8.01. The second-order valence-corrected chi connectivity index (χ2v) is 10.3. The fraction of sp³-hybridized carbons (Fsp3) is 0.520. The van der Waals surface area contributed by atoms with E-state index in [-0.39, 0.29) is 17.3 Å². The van der Waals surface area contributed by atoms with Crippen LogP contribution in [0.15, 0.2) is 18.2 Å². The highest BCUT2D eigenvalue weighted by molar-refractivity contribution is 5.94. The summed E-state index contributed by atoms with van der Waals surface area (Å²) >= 11 is 0. The van der Waals surface area contributed by atoms with Crippen molar-refractivity contribution in [2.45, 2.75) is 52.5 Å². The summed E-state index contributed by atoms with van der Waals surface area (Å²) in [5.74, 6) is 0.382. The van der Waals surface area contributed by atoms with E-state index in [1.165, 1.54) is 7.11 Å². The van der Waals surface area contributed by atoms with E-state index in [0.717, 1.165) is 29.3 Å². The molecule has 1 amide bonds. The van der Waals surface area contributed by atoms with Gasteiger partial charge in [-0.25, -0.2) is 14.8 Å². The van der Waals surface area contributed by atoms with Crippen LogP contribution in [0.4, 0.5) is 11.5 Å². The van der Waals surface area contributed by atoms with Crippen LogP contribution >= 0.6 is 0 Å². The van der Waals surface area contributed by atoms with Gasteiger partial charge in [-0.15, -0.1) is 0 Å². The molecule has 1 saturated heterocycles. The summed E-state index contributed by atoms with van der Waals surface area (Å²) < 4.78 is 4.89. The van der Waals surface area contributed by atoms with Crippen LogP contribution in [0.3, 0.4) is 0 Å². The number of aryl methyl sites for hydroxylation is 2. The molecule has 0 saturated carbocycles. The number of hydrogen-bond donors (Lipinski definition) is 1. The third-order valence-corrected chi connectivity index (χ3v) is 6.72. The lowest BCUT2D eigenvalue weighted by atomic mass is 9.91. The van der Waals surface area contributed by atoms with E-state index in [2.05, 4.69) is 42.9 Å². The number of hydrogen-bond acceptors (Lipinski definition) is 7. The molecule has 0 aliphatic carbocycles. The van der Waals surface area contributed by atoms with Gasteiger partial charge in [0, 0.05) is 31.6 Å². The summed E-state index contributed by atoms with van der Waals surface area (Å²) in [4.78, 5) is 39.1. The van der Waals surface area contributed by atoms with Gasteiger partial charge in [-0.3, -0.25) is 4.79 Å². The number of ether oxygens (including phenoxy) is 1. The molecular formula is C25H33N5O3. The monoisotopic (exact) mass is 451 g/mol. The van der Waals surface area contributed by atoms with Crippen LogP contribution in [-0.4, -0.2) is 65.6 Å². The topological polar surface area (TPSA) is 87.7 Å². The number of nitrogens with one attached hydrogen (secondary N) is 1. The summed E-state index contributed by atoms with van der Waals surface area (Å²) in [6.45, 7) is 14.8. The summed E-state index contributed by atoms with van der Waals surface area (Å²) in [6.07, 6.45) is 0. The molecule has 0 bridgehead atoms. The molecule has 8 heteroatoms. The normalized spacial score (nSPS) is 18.5. The molecule has 8 nitrogen and oxygen atoms in total. The van der Waals surface area contributed by atoms with E-state index in [4.69, 9.17) is 9.72 Å². The second-order valence-electron chi connectivity index (χ2n) is 10.3. The molecule has 176 valence electrons. The quantitative estimate of drug-likeness (QED) is 0.716. The van der Waals surface area contributed by atoms with Gasteiger partial charge in [0.2, 0.25) is 0 Å². The maximum Gasteiger partial charge on any atom is 0.339 e. The number of pyridine rings is 2. The van der Waals surface area contributed by atoms with Crippen LogP contribution in [0.1, 0.15) is 65.5 Å². The van der Waals surface area contributed by atoms with Crippen molar-refractivity contribution in [3.63, 3.8) is 0 Å². The number of methoxy groups -OCH3 is 1. The van der Waals surface area contributed by atoms with E-state index in [9.17, 15) is 9.59 Å². The van der Waals surface area contributed by atoms with Gasteiger partial charge < -0.3 is 19.9 Å². The zero-order valence-electron chi connectivity index (χ0n) is 20.6. The SMILES string of the molecule is COC(=O)c1c(C)cc(N2CCN(C(=O)c3ccc4c(n3)C(C)(C)CN4)C(C)(C)C2)nc1C. The van der Waals surface area contributed by atoms with Gasteiger partial charge in [-0.2, -0.15) is 0 Å². The summed E-state index contributed by atoms with van der Waals surface area (Å²) in [5, 5.41) is 3.37. The molecule has 2 aliphatic heterocycles. The van der Waals surface area contributed by atoms with Gasteiger partial charge in [0.15, 0.2) is 0 Å². The highest BCUT2D eigenvalue weighted by Crippen LogP contribution is 2.35. The van der Waals surface area contributed by atoms with Crippen LogP contribution in [-0.2, 0) is 10.2 Å². The number of esters is 1. The van der Waals surface area contributed by atoms with Crippen molar-refractivity contribution in [2.24, 2.45) is 0 Å². The Morgan fingerprint density at radius 3 is 2.45 bits per heavy atom. The first-order valence-corrected chi connectivity index (χ1v) is 11.3. The number of aromatic nitrogens is 2. The van der Waals surface area contributed by atoms with Crippen molar-refractivity contribution in [3.05, 3.63) is 46.4 Å². The molecule has 1 fully saturated rings. The van der Waals surface area contributed by atoms with Crippen LogP contribution in [0.2, 0.25) is 0 Å². The zero-order chi connectivity index (χ0) is 24.1. The lowest BCUT2D eigenvalue weighted by molar-refractivity contribution is 0.0505. The Morgan fingerprint density at radius 1 is 1.09 bits per heavy atom. The molecule has 0 atom stereocenters. The Labute approximate surface area is 195 Å². The van der Waals surface area contributed by atoms with Crippen molar-refractivity contribution in [1.82, 2.24) is 14.9 Å². The molecule has 0 unspecified atom stereocenters. The number of rotatable bonds is 3. The number of carbonyl (C=O) groups excluding carboxylic acids is 2. The first-order valence-electron chi connectivity index (χ1n) is 11.3. The smallest absolute Gasteiger partial charge is 0.339 e. The van der Waals surface area contributed by atoms with E-state index < -0.39 is 5.54 Å². The first kappa shape index (κ1) is 23.0. The molecule has 0 aromatic carbocycles. The molecule has 33 heavy (non-hydrogen) atoms. The number of anilines is 2. The lowest BCUT2D eigenvalue weighted by Crippen LogP contribution is -2.61. The van der Waals surface area contributed by atoms with Gasteiger partial charge in [0.1, 0.15) is 11.5 Å². The van der Waals surface area contributed by atoms with Gasteiger partial charge in [-0.05, 0) is 51.5 Å². The van der Waals surface area contributed by atoms with Gasteiger partial charge in [-0.1, -0.05) is 13.8 Å². The lowest BCUT2D eigenvalue weighted by Gasteiger charge is -2.47. The third-order valence-electron chi connectivity index (χ3n) is 6.72. The predicted molar refractivity (Wildman–Crippen MR) is 128 cm³/mol. The van der Waals surface area contributed by atoms with Crippen molar-refractivity contribution >= 4 is 23.4 Å². The molecule has 4 rings (SSSR count). The minimum atomic E-state index is -0.422. The standard InChI is InChI=1S/C25H33N5O3/c1-15-12-19(27-16(2)20(15)23(32)33-7)29-10-11-30(25(5,6)14-29)22(31)18-9-8-17-21(28-18)24(3,4)13-26-17/h8-9,12,26H,10-11,13-14H2,1-7H3. The number of fused-ring (bicyclic) bond motifs is 1. The van der Waals surface area contributed by atoms with Crippen molar-refractivity contribution in [2.75, 3.05) is 43.5 Å². The number of carbonyl (C=O) groups is 2. The minimum absolute atomic E-state index is 0.0495. The Balaban J connectivity index is 1.56. The van der Waals surface area contributed by atoms with Crippen LogP contribution in [0.25, 0.3) is 0 Å². The first-order chi connectivity index (χ1) is 15.4. The highest BCUT2D eigenvalue weighted by atomic mass is 16.5. The Morgan fingerprint density at radius 2 is 1.82 bits per heavy atom. The van der Waals surface area contributed by atoms with E-state index >= 15 is 0 Å². The molecule has 0 spiro atoms. The van der Waals surface area contributed by atoms with Gasteiger partial charge in [0.05, 0.1) is 35.3 Å². The van der Waals surface area contributed by atoms with Gasteiger partial charge >= 0.3 is 5.97 Å². The van der Waals surface area contributed by atoms with Crippen molar-refractivity contribution in [1.29, 1.82) is 0 Å². The van der Waals surface area contributed by atoms with E-state index in [0.29, 0.717) is 36.6 Å². The molecule has 2 aliphatic rings. The minimum Gasteiger partial charge on any atom is -0.465 e. The fourth-order valence-electron chi connectivity index (χ4n) is 4.89. The number of amides is 1. The molecule has 0 radical (unpaired) electrons. The third kappa shape index (κ3) is 4.03. The summed E-state index contributed by atoms with van der Waals surface area (Å²) in [7, 11) is 1.38. The van der Waals surface area contributed by atoms with Gasteiger partial charge in [0.25, 0.3) is 5.91 Å². The average molecular weight is 452 g/mol.